The van der Waals surface area contributed by atoms with Gasteiger partial charge in [0.1, 0.15) is 0 Å². The summed E-state index contributed by atoms with van der Waals surface area (Å²) in [6.45, 7) is 3.38. The molecule has 80 valence electrons. The number of carbonyl (C=O) groups is 1. The molecule has 0 atom stereocenters. The van der Waals surface area contributed by atoms with Crippen LogP contribution >= 0.6 is 0 Å². The molecule has 0 aliphatic heterocycles. The molecule has 1 aromatic heterocycles. The number of benzene rings is 1. The van der Waals surface area contributed by atoms with Crippen LogP contribution in [0.2, 0.25) is 0 Å². The fourth-order valence-electron chi connectivity index (χ4n) is 1.21. The maximum Gasteiger partial charge on any atom is 0.247 e. The van der Waals surface area contributed by atoms with Crippen molar-refractivity contribution in [2.24, 2.45) is 0 Å². The highest BCUT2D eigenvalue weighted by Crippen LogP contribution is 2.17. The predicted molar refractivity (Wildman–Crippen MR) is 58.4 cm³/mol. The van der Waals surface area contributed by atoms with E-state index in [2.05, 4.69) is 32.5 Å². The van der Waals surface area contributed by atoms with Gasteiger partial charge in [-0.15, -0.1) is 10.2 Å². The van der Waals surface area contributed by atoms with E-state index >= 15 is 0 Å². The molecule has 0 bridgehead atoms. The van der Waals surface area contributed by atoms with Crippen molar-refractivity contribution in [2.75, 3.05) is 5.32 Å². The van der Waals surface area contributed by atoms with Crippen LogP contribution in [-0.2, 0) is 4.79 Å². The van der Waals surface area contributed by atoms with E-state index in [9.17, 15) is 4.79 Å². The Bertz CT molecular complexity index is 506. The minimum absolute atomic E-state index is 0.259. The zero-order valence-corrected chi connectivity index (χ0v) is 8.34. The van der Waals surface area contributed by atoms with E-state index in [1.54, 1.807) is 18.2 Å². The van der Waals surface area contributed by atoms with Gasteiger partial charge < -0.3 is 5.32 Å². The summed E-state index contributed by atoms with van der Waals surface area (Å²) in [7, 11) is 0. The van der Waals surface area contributed by atoms with Crippen molar-refractivity contribution in [1.29, 1.82) is 0 Å². The van der Waals surface area contributed by atoms with Crippen molar-refractivity contribution in [2.45, 2.75) is 0 Å². The maximum atomic E-state index is 11.1. The highest BCUT2D eigenvalue weighted by atomic mass is 16.1. The van der Waals surface area contributed by atoms with Gasteiger partial charge in [-0.2, -0.15) is 5.21 Å². The molecule has 2 rings (SSSR count). The number of hydrogen-bond donors (Lipinski definition) is 2. The van der Waals surface area contributed by atoms with Gasteiger partial charge in [-0.05, 0) is 23.4 Å². The molecule has 0 fully saturated rings. The zero-order valence-electron chi connectivity index (χ0n) is 8.34. The summed E-state index contributed by atoms with van der Waals surface area (Å²) in [5.74, 6) is 0.222. The fourth-order valence-corrected chi connectivity index (χ4v) is 1.21. The third-order valence-corrected chi connectivity index (χ3v) is 1.92. The molecule has 1 amide bonds. The highest BCUT2D eigenvalue weighted by Gasteiger charge is 2.04. The lowest BCUT2D eigenvalue weighted by Crippen LogP contribution is -2.07. The number of tetrazole rings is 1. The quantitative estimate of drug-likeness (QED) is 0.748. The molecule has 1 aromatic carbocycles. The molecule has 2 aromatic rings. The largest absolute Gasteiger partial charge is 0.323 e. The number of aromatic nitrogens is 4. The summed E-state index contributed by atoms with van der Waals surface area (Å²) in [6.07, 6.45) is 1.21. The first-order valence-corrected chi connectivity index (χ1v) is 4.57. The minimum atomic E-state index is -0.259. The lowest BCUT2D eigenvalue weighted by molar-refractivity contribution is -0.111. The summed E-state index contributed by atoms with van der Waals surface area (Å²) < 4.78 is 0. The van der Waals surface area contributed by atoms with Gasteiger partial charge in [-0.25, -0.2) is 0 Å². The molecule has 16 heavy (non-hydrogen) atoms. The van der Waals surface area contributed by atoms with Crippen molar-refractivity contribution < 1.29 is 4.79 Å². The number of carbonyl (C=O) groups excluding carboxylic acids is 1. The Morgan fingerprint density at radius 3 is 3.06 bits per heavy atom. The Labute approximate surface area is 91.4 Å². The average molecular weight is 215 g/mol. The van der Waals surface area contributed by atoms with Crippen LogP contribution < -0.4 is 5.32 Å². The highest BCUT2D eigenvalue weighted by molar-refractivity contribution is 5.99. The number of nitrogens with zero attached hydrogens (tertiary/aromatic N) is 3. The molecule has 1 heterocycles. The van der Waals surface area contributed by atoms with Gasteiger partial charge in [0, 0.05) is 11.3 Å². The van der Waals surface area contributed by atoms with Gasteiger partial charge in [-0.1, -0.05) is 18.7 Å². The number of anilines is 1. The Kier molecular flexibility index (Phi) is 2.73. The lowest BCUT2D eigenvalue weighted by atomic mass is 10.2. The first kappa shape index (κ1) is 10.0. The van der Waals surface area contributed by atoms with Gasteiger partial charge >= 0.3 is 0 Å². The smallest absolute Gasteiger partial charge is 0.247 e. The van der Waals surface area contributed by atoms with Crippen molar-refractivity contribution in [1.82, 2.24) is 20.6 Å². The summed E-state index contributed by atoms with van der Waals surface area (Å²) in [4.78, 5) is 11.1. The standard InChI is InChI=1S/C10H9N5O/c1-2-9(16)11-8-5-3-4-7(6-8)10-12-14-15-13-10/h2-6H,1H2,(H,11,16)(H,12,13,14,15). The molecule has 0 radical (unpaired) electrons. The van der Waals surface area contributed by atoms with E-state index in [1.807, 2.05) is 6.07 Å². The van der Waals surface area contributed by atoms with Crippen LogP contribution in [0.1, 0.15) is 0 Å². The maximum absolute atomic E-state index is 11.1. The third-order valence-electron chi connectivity index (χ3n) is 1.92. The molecule has 6 heteroatoms. The Morgan fingerprint density at radius 2 is 2.38 bits per heavy atom. The fraction of sp³-hybridized carbons (Fsp3) is 0. The predicted octanol–water partition coefficient (Wildman–Crippen LogP) is 0.991. The molecule has 6 nitrogen and oxygen atoms in total. The van der Waals surface area contributed by atoms with Crippen LogP contribution in [0.3, 0.4) is 0 Å². The van der Waals surface area contributed by atoms with Crippen molar-refractivity contribution >= 4 is 11.6 Å². The zero-order chi connectivity index (χ0) is 11.4. The van der Waals surface area contributed by atoms with Gasteiger partial charge in [0.25, 0.3) is 0 Å². The van der Waals surface area contributed by atoms with Crippen LogP contribution in [-0.4, -0.2) is 26.5 Å². The number of rotatable bonds is 3. The second-order valence-corrected chi connectivity index (χ2v) is 3.01. The summed E-state index contributed by atoms with van der Waals surface area (Å²) in [5, 5.41) is 16.2. The van der Waals surface area contributed by atoms with E-state index in [4.69, 9.17) is 0 Å². The SMILES string of the molecule is C=CC(=O)Nc1cccc(-c2nn[nH]n2)c1. The van der Waals surface area contributed by atoms with Gasteiger partial charge in [-0.3, -0.25) is 4.79 Å². The molecule has 0 saturated heterocycles. The number of H-pyrrole nitrogens is 1. The number of nitrogens with one attached hydrogen (secondary N) is 2. The molecular formula is C10H9N5O. The van der Waals surface area contributed by atoms with Crippen LogP contribution in [0, 0.1) is 0 Å². The Hall–Kier alpha value is -2.50. The normalized spacial score (nSPS) is 9.75. The topological polar surface area (TPSA) is 83.6 Å². The van der Waals surface area contributed by atoms with Crippen LogP contribution in [0.25, 0.3) is 11.4 Å². The van der Waals surface area contributed by atoms with Crippen molar-refractivity contribution in [3.63, 3.8) is 0 Å². The van der Waals surface area contributed by atoms with Gasteiger partial charge in [0.2, 0.25) is 11.7 Å². The lowest BCUT2D eigenvalue weighted by Gasteiger charge is -2.02. The summed E-state index contributed by atoms with van der Waals surface area (Å²) in [5.41, 5.74) is 1.43. The van der Waals surface area contributed by atoms with E-state index in [0.717, 1.165) is 5.56 Å². The molecule has 0 aliphatic rings. The summed E-state index contributed by atoms with van der Waals surface area (Å²) >= 11 is 0. The van der Waals surface area contributed by atoms with Crippen LogP contribution in [0.5, 0.6) is 0 Å². The molecule has 0 saturated carbocycles. The van der Waals surface area contributed by atoms with Gasteiger partial charge in [0.15, 0.2) is 0 Å². The third kappa shape index (κ3) is 2.11. The Morgan fingerprint density at radius 1 is 1.50 bits per heavy atom. The van der Waals surface area contributed by atoms with E-state index in [1.165, 1.54) is 6.08 Å². The van der Waals surface area contributed by atoms with E-state index in [0.29, 0.717) is 11.5 Å². The Balaban J connectivity index is 2.26. The second-order valence-electron chi connectivity index (χ2n) is 3.01. The number of aromatic amines is 1. The number of amides is 1. The molecule has 0 unspecified atom stereocenters. The van der Waals surface area contributed by atoms with E-state index < -0.39 is 0 Å². The monoisotopic (exact) mass is 215 g/mol. The van der Waals surface area contributed by atoms with Crippen LogP contribution in [0.15, 0.2) is 36.9 Å². The minimum Gasteiger partial charge on any atom is -0.323 e. The molecule has 0 spiro atoms. The first-order valence-electron chi connectivity index (χ1n) is 4.57. The van der Waals surface area contributed by atoms with Crippen molar-refractivity contribution in [3.8, 4) is 11.4 Å². The van der Waals surface area contributed by atoms with E-state index in [-0.39, 0.29) is 5.91 Å². The first-order chi connectivity index (χ1) is 7.79. The summed E-state index contributed by atoms with van der Waals surface area (Å²) in [6, 6.07) is 7.15. The molecule has 0 aliphatic carbocycles. The second kappa shape index (κ2) is 4.35. The molecule has 2 N–H and O–H groups in total. The van der Waals surface area contributed by atoms with Gasteiger partial charge in [0.05, 0.1) is 0 Å². The van der Waals surface area contributed by atoms with Crippen LogP contribution in [0.4, 0.5) is 5.69 Å². The van der Waals surface area contributed by atoms with Crippen molar-refractivity contribution in [3.05, 3.63) is 36.9 Å². The molecular weight excluding hydrogens is 206 g/mol. The average Bonchev–Trinajstić information content (AvgIpc) is 2.83. The number of hydrogen-bond acceptors (Lipinski definition) is 4.